The first-order valence-electron chi connectivity index (χ1n) is 4.82. The van der Waals surface area contributed by atoms with Crippen LogP contribution in [0.3, 0.4) is 0 Å². The van der Waals surface area contributed by atoms with Crippen LogP contribution in [0.15, 0.2) is 30.5 Å². The maximum atomic E-state index is 10.1. The fourth-order valence-corrected chi connectivity index (χ4v) is 1.72. The Bertz CT molecular complexity index is 431. The van der Waals surface area contributed by atoms with Gasteiger partial charge in [-0.05, 0) is 30.5 Å². The number of aromatic amines is 1. The molecule has 1 N–H and O–H groups in total. The Balaban J connectivity index is 2.23. The number of aromatic nitrogens is 1. The van der Waals surface area contributed by atoms with Crippen LogP contribution in [-0.2, 0) is 11.2 Å². The minimum Gasteiger partial charge on any atom is -0.361 e. The molecule has 0 unspecified atom stereocenters. The van der Waals surface area contributed by atoms with E-state index >= 15 is 0 Å². The topological polar surface area (TPSA) is 32.9 Å². The van der Waals surface area contributed by atoms with Gasteiger partial charge in [0.05, 0.1) is 0 Å². The number of carbonyl (C=O) groups excluding carboxylic acids is 1. The van der Waals surface area contributed by atoms with E-state index in [-0.39, 0.29) is 0 Å². The van der Waals surface area contributed by atoms with Gasteiger partial charge in [0.1, 0.15) is 0 Å². The van der Waals surface area contributed by atoms with Crippen molar-refractivity contribution < 1.29 is 4.79 Å². The zero-order valence-corrected chi connectivity index (χ0v) is 7.92. The summed E-state index contributed by atoms with van der Waals surface area (Å²) in [7, 11) is 0. The first-order chi connectivity index (χ1) is 6.92. The van der Waals surface area contributed by atoms with Crippen LogP contribution in [0.2, 0.25) is 0 Å². The second-order valence-electron chi connectivity index (χ2n) is 3.35. The van der Waals surface area contributed by atoms with Crippen LogP contribution < -0.4 is 0 Å². The molecular weight excluding hydrogens is 174 g/mol. The first kappa shape index (κ1) is 9.00. The summed E-state index contributed by atoms with van der Waals surface area (Å²) in [5, 5.41) is 1.26. The molecule has 0 saturated carbocycles. The van der Waals surface area contributed by atoms with Crippen LogP contribution >= 0.6 is 0 Å². The Labute approximate surface area is 82.9 Å². The smallest absolute Gasteiger partial charge is 0.198 e. The number of nitrogens with one attached hydrogen (secondary N) is 1. The standard InChI is InChI=1S/C12H12NO/c14-9-2-1-4-10-5-3-6-12-11(10)7-8-13-12/h3,5-8,13H,1-2,4H2. The molecule has 0 spiro atoms. The summed E-state index contributed by atoms with van der Waals surface area (Å²) in [5.74, 6) is 0. The second-order valence-corrected chi connectivity index (χ2v) is 3.35. The highest BCUT2D eigenvalue weighted by Crippen LogP contribution is 2.18. The van der Waals surface area contributed by atoms with Crippen molar-refractivity contribution in [2.45, 2.75) is 19.3 Å². The number of hydrogen-bond acceptors (Lipinski definition) is 1. The zero-order valence-electron chi connectivity index (χ0n) is 7.92. The van der Waals surface area contributed by atoms with Gasteiger partial charge in [0, 0.05) is 23.5 Å². The van der Waals surface area contributed by atoms with Crippen molar-refractivity contribution in [1.82, 2.24) is 4.98 Å². The van der Waals surface area contributed by atoms with Gasteiger partial charge in [-0.15, -0.1) is 0 Å². The highest BCUT2D eigenvalue weighted by Gasteiger charge is 2.00. The molecule has 0 aliphatic rings. The molecule has 0 amide bonds. The average Bonchev–Trinajstić information content (AvgIpc) is 2.67. The van der Waals surface area contributed by atoms with E-state index in [1.807, 2.05) is 18.5 Å². The van der Waals surface area contributed by atoms with Crippen LogP contribution in [0.5, 0.6) is 0 Å². The molecule has 2 nitrogen and oxygen atoms in total. The van der Waals surface area contributed by atoms with Gasteiger partial charge in [-0.3, -0.25) is 4.79 Å². The van der Waals surface area contributed by atoms with E-state index < -0.39 is 0 Å². The van der Waals surface area contributed by atoms with Gasteiger partial charge in [0.25, 0.3) is 0 Å². The third-order valence-electron chi connectivity index (χ3n) is 2.41. The third kappa shape index (κ3) is 1.69. The number of aryl methyl sites for hydroxylation is 1. The average molecular weight is 186 g/mol. The Kier molecular flexibility index (Phi) is 2.63. The van der Waals surface area contributed by atoms with Gasteiger partial charge in [-0.1, -0.05) is 12.1 Å². The Morgan fingerprint density at radius 1 is 1.29 bits per heavy atom. The molecule has 2 aromatic rings. The van der Waals surface area contributed by atoms with Crippen LogP contribution in [0.4, 0.5) is 0 Å². The summed E-state index contributed by atoms with van der Waals surface area (Å²) >= 11 is 0. The molecule has 1 aromatic heterocycles. The lowest BCUT2D eigenvalue weighted by molar-refractivity contribution is 0.549. The fraction of sp³-hybridized carbons (Fsp3) is 0.250. The van der Waals surface area contributed by atoms with E-state index in [0.717, 1.165) is 18.4 Å². The quantitative estimate of drug-likeness (QED) is 0.731. The number of fused-ring (bicyclic) bond motifs is 1. The zero-order chi connectivity index (χ0) is 9.80. The van der Waals surface area contributed by atoms with E-state index in [4.69, 9.17) is 0 Å². The monoisotopic (exact) mass is 186 g/mol. The lowest BCUT2D eigenvalue weighted by Crippen LogP contribution is -1.86. The molecule has 14 heavy (non-hydrogen) atoms. The molecule has 1 heterocycles. The molecule has 0 bridgehead atoms. The van der Waals surface area contributed by atoms with E-state index in [2.05, 4.69) is 23.2 Å². The van der Waals surface area contributed by atoms with E-state index in [0.29, 0.717) is 6.42 Å². The lowest BCUT2D eigenvalue weighted by Gasteiger charge is -2.00. The fourth-order valence-electron chi connectivity index (χ4n) is 1.72. The van der Waals surface area contributed by atoms with Crippen molar-refractivity contribution in [2.24, 2.45) is 0 Å². The van der Waals surface area contributed by atoms with Crippen LogP contribution in [0, 0.1) is 0 Å². The van der Waals surface area contributed by atoms with E-state index in [1.54, 1.807) is 0 Å². The molecule has 71 valence electrons. The van der Waals surface area contributed by atoms with E-state index in [1.165, 1.54) is 10.9 Å². The Morgan fingerprint density at radius 2 is 2.21 bits per heavy atom. The summed E-state index contributed by atoms with van der Waals surface area (Å²) in [6, 6.07) is 8.29. The number of unbranched alkanes of at least 4 members (excludes halogenated alkanes) is 1. The molecule has 1 aromatic carbocycles. The van der Waals surface area contributed by atoms with Crippen molar-refractivity contribution in [3.05, 3.63) is 36.0 Å². The third-order valence-corrected chi connectivity index (χ3v) is 2.41. The van der Waals surface area contributed by atoms with Crippen molar-refractivity contribution in [3.63, 3.8) is 0 Å². The molecule has 2 heteroatoms. The van der Waals surface area contributed by atoms with Gasteiger partial charge >= 0.3 is 0 Å². The molecule has 0 aliphatic carbocycles. The number of rotatable bonds is 4. The summed E-state index contributed by atoms with van der Waals surface area (Å²) in [4.78, 5) is 13.3. The summed E-state index contributed by atoms with van der Waals surface area (Å²) in [6.07, 6.45) is 6.23. The minimum atomic E-state index is 0.529. The maximum Gasteiger partial charge on any atom is 0.198 e. The Morgan fingerprint density at radius 3 is 3.07 bits per heavy atom. The summed E-state index contributed by atoms with van der Waals surface area (Å²) in [5.41, 5.74) is 2.47. The lowest BCUT2D eigenvalue weighted by atomic mass is 10.0. The van der Waals surface area contributed by atoms with Crippen molar-refractivity contribution in [2.75, 3.05) is 0 Å². The van der Waals surface area contributed by atoms with E-state index in [9.17, 15) is 4.79 Å². The molecule has 0 atom stereocenters. The van der Waals surface area contributed by atoms with Crippen molar-refractivity contribution >= 4 is 17.2 Å². The summed E-state index contributed by atoms with van der Waals surface area (Å²) < 4.78 is 0. The van der Waals surface area contributed by atoms with Crippen LogP contribution in [0.1, 0.15) is 18.4 Å². The summed E-state index contributed by atoms with van der Waals surface area (Å²) in [6.45, 7) is 0. The van der Waals surface area contributed by atoms with Gasteiger partial charge in [0.15, 0.2) is 6.29 Å². The van der Waals surface area contributed by atoms with Gasteiger partial charge in [0.2, 0.25) is 0 Å². The van der Waals surface area contributed by atoms with Crippen molar-refractivity contribution in [3.8, 4) is 0 Å². The number of H-pyrrole nitrogens is 1. The minimum absolute atomic E-state index is 0.529. The van der Waals surface area contributed by atoms with Crippen LogP contribution in [-0.4, -0.2) is 11.3 Å². The van der Waals surface area contributed by atoms with Crippen LogP contribution in [0.25, 0.3) is 10.9 Å². The SMILES string of the molecule is O=[C]CCCc1cccc2[nH]ccc12. The normalized spacial score (nSPS) is 10.6. The second kappa shape index (κ2) is 4.09. The van der Waals surface area contributed by atoms with Crippen molar-refractivity contribution in [1.29, 1.82) is 0 Å². The largest absolute Gasteiger partial charge is 0.361 e. The number of benzene rings is 1. The molecule has 0 fully saturated rings. The predicted molar refractivity (Wildman–Crippen MR) is 56.9 cm³/mol. The highest BCUT2D eigenvalue weighted by atomic mass is 16.1. The van der Waals surface area contributed by atoms with Gasteiger partial charge < -0.3 is 4.98 Å². The molecular formula is C12H12NO. The first-order valence-corrected chi connectivity index (χ1v) is 4.82. The molecule has 2 rings (SSSR count). The molecule has 0 aliphatic heterocycles. The number of hydrogen-bond donors (Lipinski definition) is 1. The van der Waals surface area contributed by atoms with Gasteiger partial charge in [-0.25, -0.2) is 0 Å². The Hall–Kier alpha value is -1.57. The highest BCUT2D eigenvalue weighted by molar-refractivity contribution is 5.82. The van der Waals surface area contributed by atoms with Gasteiger partial charge in [-0.2, -0.15) is 0 Å². The molecule has 1 radical (unpaired) electrons. The molecule has 0 saturated heterocycles. The maximum absolute atomic E-state index is 10.1. The predicted octanol–water partition coefficient (Wildman–Crippen LogP) is 2.60.